The molecule has 0 fully saturated rings. The minimum atomic E-state index is 1.16. The molecule has 0 saturated heterocycles. The normalized spacial score (nSPS) is 11.6. The quantitative estimate of drug-likeness (QED) is 0.214. The van der Waals surface area contributed by atoms with Crippen molar-refractivity contribution >= 4 is 63.8 Å². The smallest absolute Gasteiger partial charge is 0.0508 e. The van der Waals surface area contributed by atoms with Gasteiger partial charge in [-0.3, -0.25) is 0 Å². The summed E-state index contributed by atoms with van der Waals surface area (Å²) in [6, 6.07) is 50.5. The summed E-state index contributed by atoms with van der Waals surface area (Å²) in [5.74, 6) is 0. The van der Waals surface area contributed by atoms with Crippen molar-refractivity contribution in [2.45, 2.75) is 0 Å². The van der Waals surface area contributed by atoms with Crippen LogP contribution in [0.15, 0.2) is 121 Å². The summed E-state index contributed by atoms with van der Waals surface area (Å²) in [6.07, 6.45) is 0. The fourth-order valence-electron chi connectivity index (χ4n) is 5.80. The van der Waals surface area contributed by atoms with Crippen LogP contribution in [-0.4, -0.2) is 0 Å². The topological polar surface area (TPSA) is 0 Å². The van der Waals surface area contributed by atoms with Crippen LogP contribution < -0.4 is 0 Å². The molecular weight excluding hydrogens is 464 g/mol. The Morgan fingerprint density at radius 3 is 1.86 bits per heavy atom. The summed E-state index contributed by atoms with van der Waals surface area (Å²) in [7, 11) is 0. The molecule has 0 N–H and O–H groups in total. The van der Waals surface area contributed by atoms with E-state index in [1.165, 1.54) is 69.4 Å². The minimum Gasteiger partial charge on any atom is -0.134 e. The van der Waals surface area contributed by atoms with Gasteiger partial charge in [0.05, 0.1) is 5.39 Å². The van der Waals surface area contributed by atoms with Crippen molar-refractivity contribution in [2.75, 3.05) is 0 Å². The van der Waals surface area contributed by atoms with Crippen molar-refractivity contribution in [2.24, 2.45) is 0 Å². The van der Waals surface area contributed by atoms with Gasteiger partial charge in [0, 0.05) is 14.8 Å². The number of thiophene rings is 1. The zero-order chi connectivity index (χ0) is 24.3. The van der Waals surface area contributed by atoms with E-state index in [0.717, 1.165) is 5.39 Å². The van der Waals surface area contributed by atoms with E-state index in [1.807, 2.05) is 17.4 Å². The second-order valence-corrected chi connectivity index (χ2v) is 10.6. The second-order valence-electron chi connectivity index (χ2n) is 9.56. The van der Waals surface area contributed by atoms with E-state index in [1.54, 1.807) is 0 Å². The molecule has 0 aliphatic rings. The SMILES string of the molecule is c1ccc2sc3c(-c4cccc(-c5ccc6c7ccccc7c7ccccc7c6c5)c4)cccc3c2c#1. The lowest BCUT2D eigenvalue weighted by atomic mass is 9.91. The summed E-state index contributed by atoms with van der Waals surface area (Å²) in [6.45, 7) is 0. The van der Waals surface area contributed by atoms with Gasteiger partial charge in [0.15, 0.2) is 0 Å². The molecule has 0 saturated carbocycles. The first-order valence-corrected chi connectivity index (χ1v) is 13.3. The molecule has 0 nitrogen and oxygen atoms in total. The van der Waals surface area contributed by atoms with Gasteiger partial charge in [-0.15, -0.1) is 11.3 Å². The van der Waals surface area contributed by atoms with Gasteiger partial charge in [-0.2, -0.15) is 0 Å². The first-order valence-electron chi connectivity index (χ1n) is 12.5. The van der Waals surface area contributed by atoms with Crippen LogP contribution >= 0.6 is 11.3 Å². The van der Waals surface area contributed by atoms with E-state index < -0.39 is 0 Å². The molecule has 170 valence electrons. The van der Waals surface area contributed by atoms with Crippen molar-refractivity contribution in [3.8, 4) is 22.3 Å². The number of benzene rings is 6. The molecule has 7 aromatic carbocycles. The third kappa shape index (κ3) is 3.10. The number of rotatable bonds is 2. The average molecular weight is 485 g/mol. The maximum atomic E-state index is 3.32. The Hall–Kier alpha value is -4.64. The van der Waals surface area contributed by atoms with Crippen molar-refractivity contribution in [3.05, 3.63) is 133 Å². The Morgan fingerprint density at radius 1 is 0.459 bits per heavy atom. The predicted molar refractivity (Wildman–Crippen MR) is 160 cm³/mol. The molecule has 0 spiro atoms. The minimum absolute atomic E-state index is 1.16. The summed E-state index contributed by atoms with van der Waals surface area (Å²) in [5, 5.41) is 10.2. The average Bonchev–Trinajstić information content (AvgIpc) is 3.36. The van der Waals surface area contributed by atoms with E-state index in [4.69, 9.17) is 0 Å². The Balaban J connectivity index is 1.34. The molecule has 1 heterocycles. The van der Waals surface area contributed by atoms with Crippen molar-refractivity contribution in [1.82, 2.24) is 0 Å². The largest absolute Gasteiger partial charge is 0.134 e. The molecule has 0 bridgehead atoms. The molecule has 0 aliphatic carbocycles. The Labute approximate surface area is 219 Å². The van der Waals surface area contributed by atoms with E-state index in [9.17, 15) is 0 Å². The van der Waals surface area contributed by atoms with Gasteiger partial charge in [0.25, 0.3) is 0 Å². The molecule has 0 amide bonds. The standard InChI is InChI=1S/C36H20S/c1-2-13-29-27(11-1)28-12-3-4-14-30(28)34-22-24(19-20-31(29)34)23-9-7-10-25(21-23)26-16-8-17-33-32-15-5-6-18-35(32)37-36(26)33/h1-4,6-14,16-22H. The van der Waals surface area contributed by atoms with E-state index >= 15 is 0 Å². The molecule has 1 heteroatoms. The van der Waals surface area contributed by atoms with Crippen LogP contribution in [0.1, 0.15) is 0 Å². The molecule has 1 aromatic heterocycles. The second kappa shape index (κ2) is 7.93. The van der Waals surface area contributed by atoms with Crippen molar-refractivity contribution in [1.29, 1.82) is 0 Å². The van der Waals surface area contributed by atoms with Crippen LogP contribution in [0.5, 0.6) is 0 Å². The van der Waals surface area contributed by atoms with Crippen LogP contribution in [0.2, 0.25) is 0 Å². The molecule has 8 aromatic rings. The zero-order valence-electron chi connectivity index (χ0n) is 20.0. The molecule has 0 aliphatic heterocycles. The van der Waals surface area contributed by atoms with Crippen LogP contribution in [0, 0.1) is 12.1 Å². The number of hydrogen-bond donors (Lipinski definition) is 0. The lowest BCUT2D eigenvalue weighted by molar-refractivity contribution is 1.63. The van der Waals surface area contributed by atoms with Crippen LogP contribution in [0.25, 0.3) is 74.7 Å². The van der Waals surface area contributed by atoms with Gasteiger partial charge in [-0.25, -0.2) is 0 Å². The van der Waals surface area contributed by atoms with Crippen molar-refractivity contribution in [3.63, 3.8) is 0 Å². The van der Waals surface area contributed by atoms with Crippen LogP contribution in [0.4, 0.5) is 0 Å². The predicted octanol–water partition coefficient (Wildman–Crippen LogP) is 10.4. The van der Waals surface area contributed by atoms with E-state index in [2.05, 4.69) is 127 Å². The van der Waals surface area contributed by atoms with Crippen LogP contribution in [-0.2, 0) is 0 Å². The fraction of sp³-hybridized carbons (Fsp3) is 0. The highest BCUT2D eigenvalue weighted by Crippen LogP contribution is 2.41. The Bertz CT molecular complexity index is 2110. The Kier molecular flexibility index (Phi) is 4.40. The fourth-order valence-corrected chi connectivity index (χ4v) is 6.99. The molecule has 8 rings (SSSR count). The first-order chi connectivity index (χ1) is 18.3. The van der Waals surface area contributed by atoms with Gasteiger partial charge in [-0.05, 0) is 78.8 Å². The number of hydrogen-bond acceptors (Lipinski definition) is 1. The molecule has 0 atom stereocenters. The van der Waals surface area contributed by atoms with Gasteiger partial charge in [0.1, 0.15) is 0 Å². The molecular formula is C36H20S. The maximum absolute atomic E-state index is 3.32. The summed E-state index contributed by atoms with van der Waals surface area (Å²) in [5.41, 5.74) is 4.98. The Morgan fingerprint density at radius 2 is 1.08 bits per heavy atom. The maximum Gasteiger partial charge on any atom is 0.0508 e. The zero-order valence-corrected chi connectivity index (χ0v) is 20.8. The van der Waals surface area contributed by atoms with Crippen molar-refractivity contribution < 1.29 is 0 Å². The summed E-state index contributed by atoms with van der Waals surface area (Å²) < 4.78 is 2.56. The molecule has 37 heavy (non-hydrogen) atoms. The highest BCUT2D eigenvalue weighted by molar-refractivity contribution is 7.26. The third-order valence-corrected chi connectivity index (χ3v) is 8.71. The monoisotopic (exact) mass is 484 g/mol. The third-order valence-electron chi connectivity index (χ3n) is 7.51. The molecule has 0 unspecified atom stereocenters. The van der Waals surface area contributed by atoms with E-state index in [-0.39, 0.29) is 0 Å². The van der Waals surface area contributed by atoms with Gasteiger partial charge in [-0.1, -0.05) is 109 Å². The lowest BCUT2D eigenvalue weighted by Crippen LogP contribution is -1.86. The van der Waals surface area contributed by atoms with Gasteiger partial charge >= 0.3 is 0 Å². The molecule has 0 radical (unpaired) electrons. The highest BCUT2D eigenvalue weighted by Gasteiger charge is 2.12. The summed E-state index contributed by atoms with van der Waals surface area (Å²) >= 11 is 1.84. The van der Waals surface area contributed by atoms with Gasteiger partial charge in [0.2, 0.25) is 0 Å². The first kappa shape index (κ1) is 20.5. The lowest BCUT2D eigenvalue weighted by Gasteiger charge is -2.12. The number of fused-ring (bicyclic) bond motifs is 9. The summed E-state index contributed by atoms with van der Waals surface area (Å²) in [4.78, 5) is 0. The van der Waals surface area contributed by atoms with Gasteiger partial charge < -0.3 is 0 Å². The van der Waals surface area contributed by atoms with Crippen LogP contribution in [0.3, 0.4) is 0 Å². The van der Waals surface area contributed by atoms with E-state index in [0.29, 0.717) is 0 Å². The highest BCUT2D eigenvalue weighted by atomic mass is 32.1.